The van der Waals surface area contributed by atoms with Crippen LogP contribution in [-0.2, 0) is 0 Å². The molecule has 0 aliphatic carbocycles. The fourth-order valence-electron chi connectivity index (χ4n) is 0.902. The third-order valence-corrected chi connectivity index (χ3v) is 1.82. The zero-order chi connectivity index (χ0) is 8.85. The van der Waals surface area contributed by atoms with Crippen molar-refractivity contribution < 1.29 is 5.11 Å². The van der Waals surface area contributed by atoms with Gasteiger partial charge in [0, 0.05) is 6.04 Å². The number of aliphatic hydroxyl groups excluding tert-OH is 1. The van der Waals surface area contributed by atoms with E-state index in [1.54, 1.807) is 0 Å². The van der Waals surface area contributed by atoms with Gasteiger partial charge in [-0.3, -0.25) is 0 Å². The monoisotopic (exact) mass is 160 g/mol. The maximum absolute atomic E-state index is 9.30. The van der Waals surface area contributed by atoms with E-state index in [0.717, 1.165) is 19.4 Å². The van der Waals surface area contributed by atoms with Crippen LogP contribution in [0.4, 0.5) is 0 Å². The quantitative estimate of drug-likeness (QED) is 0.597. The second-order valence-corrected chi connectivity index (χ2v) is 3.23. The Morgan fingerprint density at radius 2 is 2.00 bits per heavy atom. The molecule has 0 saturated carbocycles. The normalized spacial score (nSPS) is 16.9. The molecule has 0 aromatic carbocycles. The minimum absolute atomic E-state index is 0.0672. The predicted molar refractivity (Wildman–Crippen MR) is 47.4 cm³/mol. The van der Waals surface area contributed by atoms with Crippen molar-refractivity contribution in [3.05, 3.63) is 0 Å². The van der Waals surface area contributed by atoms with E-state index in [-0.39, 0.29) is 12.1 Å². The molecule has 0 aromatic rings. The SMILES string of the molecule is CCC(O)C(N)CCN(C)C. The smallest absolute Gasteiger partial charge is 0.0688 e. The molecule has 3 nitrogen and oxygen atoms in total. The van der Waals surface area contributed by atoms with Crippen molar-refractivity contribution in [3.63, 3.8) is 0 Å². The molecule has 0 spiro atoms. The first kappa shape index (κ1) is 10.9. The molecule has 0 radical (unpaired) electrons. The standard InChI is InChI=1S/C8H20N2O/c1-4-8(11)7(9)5-6-10(2)3/h7-8,11H,4-6,9H2,1-3H3. The van der Waals surface area contributed by atoms with Crippen LogP contribution in [0.3, 0.4) is 0 Å². The van der Waals surface area contributed by atoms with Crippen LogP contribution in [0.1, 0.15) is 19.8 Å². The summed E-state index contributed by atoms with van der Waals surface area (Å²) in [7, 11) is 4.01. The van der Waals surface area contributed by atoms with Crippen molar-refractivity contribution in [2.45, 2.75) is 31.9 Å². The van der Waals surface area contributed by atoms with Gasteiger partial charge in [-0.15, -0.1) is 0 Å². The first-order chi connectivity index (χ1) is 5.07. The molecular weight excluding hydrogens is 140 g/mol. The van der Waals surface area contributed by atoms with Gasteiger partial charge in [0.25, 0.3) is 0 Å². The van der Waals surface area contributed by atoms with Crippen molar-refractivity contribution >= 4 is 0 Å². The molecule has 3 N–H and O–H groups in total. The van der Waals surface area contributed by atoms with Gasteiger partial charge in [-0.25, -0.2) is 0 Å². The highest BCUT2D eigenvalue weighted by molar-refractivity contribution is 4.70. The summed E-state index contributed by atoms with van der Waals surface area (Å²) in [5.74, 6) is 0. The Bertz CT molecular complexity index is 96.1. The summed E-state index contributed by atoms with van der Waals surface area (Å²) in [5.41, 5.74) is 5.70. The van der Waals surface area contributed by atoms with E-state index in [0.29, 0.717) is 0 Å². The van der Waals surface area contributed by atoms with Crippen molar-refractivity contribution in [2.24, 2.45) is 5.73 Å². The van der Waals surface area contributed by atoms with Crippen molar-refractivity contribution in [1.29, 1.82) is 0 Å². The average molecular weight is 160 g/mol. The van der Waals surface area contributed by atoms with Crippen molar-refractivity contribution in [3.8, 4) is 0 Å². The van der Waals surface area contributed by atoms with Gasteiger partial charge in [-0.2, -0.15) is 0 Å². The molecule has 11 heavy (non-hydrogen) atoms. The minimum atomic E-state index is -0.338. The molecule has 2 atom stereocenters. The van der Waals surface area contributed by atoms with Crippen LogP contribution in [0.15, 0.2) is 0 Å². The zero-order valence-corrected chi connectivity index (χ0v) is 7.75. The molecule has 0 heterocycles. The fourth-order valence-corrected chi connectivity index (χ4v) is 0.902. The number of aliphatic hydroxyl groups is 1. The molecule has 68 valence electrons. The third kappa shape index (κ3) is 5.18. The molecule has 0 aliphatic heterocycles. The lowest BCUT2D eigenvalue weighted by atomic mass is 10.1. The van der Waals surface area contributed by atoms with E-state index in [1.165, 1.54) is 0 Å². The Morgan fingerprint density at radius 3 is 2.36 bits per heavy atom. The van der Waals surface area contributed by atoms with Gasteiger partial charge >= 0.3 is 0 Å². The van der Waals surface area contributed by atoms with E-state index in [9.17, 15) is 5.11 Å². The molecule has 2 unspecified atom stereocenters. The van der Waals surface area contributed by atoms with Gasteiger partial charge in [0.2, 0.25) is 0 Å². The third-order valence-electron chi connectivity index (χ3n) is 1.82. The van der Waals surface area contributed by atoms with Crippen molar-refractivity contribution in [1.82, 2.24) is 4.90 Å². The Labute approximate surface area is 69.2 Å². The van der Waals surface area contributed by atoms with Crippen LogP contribution >= 0.6 is 0 Å². The number of nitrogens with zero attached hydrogens (tertiary/aromatic N) is 1. The summed E-state index contributed by atoms with van der Waals surface area (Å²) in [4.78, 5) is 2.07. The van der Waals surface area contributed by atoms with Crippen LogP contribution in [0.5, 0.6) is 0 Å². The first-order valence-electron chi connectivity index (χ1n) is 4.16. The van der Waals surface area contributed by atoms with E-state index in [2.05, 4.69) is 4.90 Å². The van der Waals surface area contributed by atoms with Crippen LogP contribution in [-0.4, -0.2) is 42.8 Å². The first-order valence-corrected chi connectivity index (χ1v) is 4.16. The fraction of sp³-hybridized carbons (Fsp3) is 1.00. The van der Waals surface area contributed by atoms with Crippen molar-refractivity contribution in [2.75, 3.05) is 20.6 Å². The van der Waals surface area contributed by atoms with Gasteiger partial charge in [-0.1, -0.05) is 6.92 Å². The molecule has 0 rings (SSSR count). The number of rotatable bonds is 5. The summed E-state index contributed by atoms with van der Waals surface area (Å²) in [6.45, 7) is 2.89. The lowest BCUT2D eigenvalue weighted by Gasteiger charge is -2.19. The van der Waals surface area contributed by atoms with Gasteiger partial charge in [-0.05, 0) is 33.5 Å². The van der Waals surface area contributed by atoms with Gasteiger partial charge in [0.05, 0.1) is 6.10 Å². The highest BCUT2D eigenvalue weighted by Crippen LogP contribution is 2.00. The maximum atomic E-state index is 9.30. The highest BCUT2D eigenvalue weighted by Gasteiger charge is 2.11. The minimum Gasteiger partial charge on any atom is -0.392 e. The lowest BCUT2D eigenvalue weighted by Crippen LogP contribution is -2.36. The summed E-state index contributed by atoms with van der Waals surface area (Å²) < 4.78 is 0. The summed E-state index contributed by atoms with van der Waals surface area (Å²) >= 11 is 0. The summed E-state index contributed by atoms with van der Waals surface area (Å²) in [6.07, 6.45) is 1.27. The molecule has 0 aliphatic rings. The van der Waals surface area contributed by atoms with E-state index < -0.39 is 0 Å². The summed E-state index contributed by atoms with van der Waals surface area (Å²) in [6, 6.07) is -0.0672. The van der Waals surface area contributed by atoms with E-state index in [4.69, 9.17) is 5.73 Å². The largest absolute Gasteiger partial charge is 0.392 e. The second kappa shape index (κ2) is 5.52. The van der Waals surface area contributed by atoms with Crippen LogP contribution in [0.25, 0.3) is 0 Å². The number of nitrogens with two attached hydrogens (primary N) is 1. The van der Waals surface area contributed by atoms with Crippen LogP contribution in [0, 0.1) is 0 Å². The lowest BCUT2D eigenvalue weighted by molar-refractivity contribution is 0.132. The Morgan fingerprint density at radius 1 is 1.45 bits per heavy atom. The maximum Gasteiger partial charge on any atom is 0.0688 e. The second-order valence-electron chi connectivity index (χ2n) is 3.23. The van der Waals surface area contributed by atoms with Crippen LogP contribution in [0.2, 0.25) is 0 Å². The molecule has 0 amide bonds. The van der Waals surface area contributed by atoms with Crippen LogP contribution < -0.4 is 5.73 Å². The van der Waals surface area contributed by atoms with Gasteiger partial charge in [0.1, 0.15) is 0 Å². The molecule has 0 bridgehead atoms. The zero-order valence-electron chi connectivity index (χ0n) is 7.75. The Hall–Kier alpha value is -0.120. The molecular formula is C8H20N2O. The van der Waals surface area contributed by atoms with E-state index in [1.807, 2.05) is 21.0 Å². The Kier molecular flexibility index (Phi) is 5.46. The predicted octanol–water partition coefficient (Wildman–Crippen LogP) is 0.0363. The van der Waals surface area contributed by atoms with Gasteiger partial charge < -0.3 is 15.7 Å². The number of hydrogen-bond acceptors (Lipinski definition) is 3. The molecule has 0 aromatic heterocycles. The Balaban J connectivity index is 3.43. The molecule has 0 saturated heterocycles. The highest BCUT2D eigenvalue weighted by atomic mass is 16.3. The summed E-state index contributed by atoms with van der Waals surface area (Å²) in [5, 5.41) is 9.30. The average Bonchev–Trinajstić information content (AvgIpc) is 1.98. The van der Waals surface area contributed by atoms with E-state index >= 15 is 0 Å². The topological polar surface area (TPSA) is 49.5 Å². The molecule has 3 heteroatoms. The van der Waals surface area contributed by atoms with Gasteiger partial charge in [0.15, 0.2) is 0 Å². The number of hydrogen-bond donors (Lipinski definition) is 2. The molecule has 0 fully saturated rings.